The van der Waals surface area contributed by atoms with Crippen molar-refractivity contribution < 1.29 is 9.32 Å². The summed E-state index contributed by atoms with van der Waals surface area (Å²) in [6.45, 7) is 8.15. The number of carbonyl (C=O) groups is 1. The molecule has 1 aromatic carbocycles. The summed E-state index contributed by atoms with van der Waals surface area (Å²) in [5.74, 6) is 1.77. The van der Waals surface area contributed by atoms with Gasteiger partial charge >= 0.3 is 0 Å². The fraction of sp³-hybridized carbons (Fsp3) is 0.474. The summed E-state index contributed by atoms with van der Waals surface area (Å²) in [7, 11) is 0. The molecule has 1 atom stereocenters. The van der Waals surface area contributed by atoms with Crippen molar-refractivity contribution >= 4 is 23.1 Å². The molecule has 1 aromatic heterocycles. The lowest BCUT2D eigenvalue weighted by Gasteiger charge is -2.32. The fourth-order valence-electron chi connectivity index (χ4n) is 3.01. The summed E-state index contributed by atoms with van der Waals surface area (Å²) >= 11 is 0. The standard InChI is InChI=1S/C19H26N4O2/c1-13-8-10-23(11-9-13)17-6-4-16(5-7-17)20-15(3)19(24)21-18-12-14(2)25-22-18/h4-7,12-13,15,20H,8-11H2,1-3H3,(H,21,22,24). The van der Waals surface area contributed by atoms with Gasteiger partial charge in [-0.25, -0.2) is 0 Å². The minimum atomic E-state index is -0.376. The van der Waals surface area contributed by atoms with Gasteiger partial charge in [-0.05, 0) is 56.9 Å². The SMILES string of the molecule is Cc1cc(NC(=O)C(C)Nc2ccc(N3CCC(C)CC3)cc2)no1. The number of nitrogens with one attached hydrogen (secondary N) is 2. The normalized spacial score (nSPS) is 16.5. The van der Waals surface area contributed by atoms with E-state index in [-0.39, 0.29) is 11.9 Å². The molecular weight excluding hydrogens is 316 g/mol. The van der Waals surface area contributed by atoms with E-state index in [1.807, 2.05) is 19.1 Å². The van der Waals surface area contributed by atoms with Gasteiger partial charge in [-0.15, -0.1) is 0 Å². The monoisotopic (exact) mass is 342 g/mol. The predicted molar refractivity (Wildman–Crippen MR) is 100 cm³/mol. The number of rotatable bonds is 5. The van der Waals surface area contributed by atoms with E-state index in [1.54, 1.807) is 13.0 Å². The Kier molecular flexibility index (Phi) is 5.26. The lowest BCUT2D eigenvalue weighted by molar-refractivity contribution is -0.116. The van der Waals surface area contributed by atoms with Crippen LogP contribution in [0.3, 0.4) is 0 Å². The molecule has 1 unspecified atom stereocenters. The van der Waals surface area contributed by atoms with Gasteiger partial charge < -0.3 is 20.1 Å². The average molecular weight is 342 g/mol. The minimum absolute atomic E-state index is 0.151. The van der Waals surface area contributed by atoms with E-state index < -0.39 is 0 Å². The number of piperidine rings is 1. The minimum Gasteiger partial charge on any atom is -0.374 e. The molecule has 6 heteroatoms. The highest BCUT2D eigenvalue weighted by Crippen LogP contribution is 2.24. The molecule has 0 aliphatic carbocycles. The van der Waals surface area contributed by atoms with Crippen LogP contribution in [0.1, 0.15) is 32.4 Å². The van der Waals surface area contributed by atoms with Crippen LogP contribution in [0, 0.1) is 12.8 Å². The number of aryl methyl sites for hydroxylation is 1. The second-order valence-corrected chi connectivity index (χ2v) is 6.89. The lowest BCUT2D eigenvalue weighted by Crippen LogP contribution is -2.33. The van der Waals surface area contributed by atoms with Crippen molar-refractivity contribution in [1.29, 1.82) is 0 Å². The highest BCUT2D eigenvalue weighted by Gasteiger charge is 2.17. The molecule has 6 nitrogen and oxygen atoms in total. The van der Waals surface area contributed by atoms with Crippen LogP contribution in [0.25, 0.3) is 0 Å². The van der Waals surface area contributed by atoms with Crippen LogP contribution >= 0.6 is 0 Å². The van der Waals surface area contributed by atoms with E-state index in [0.29, 0.717) is 11.6 Å². The lowest BCUT2D eigenvalue weighted by atomic mass is 9.99. The summed E-state index contributed by atoms with van der Waals surface area (Å²) in [6, 6.07) is 9.60. The molecule has 0 radical (unpaired) electrons. The van der Waals surface area contributed by atoms with Crippen molar-refractivity contribution in [2.45, 2.75) is 39.7 Å². The Morgan fingerprint density at radius 2 is 1.96 bits per heavy atom. The number of amides is 1. The van der Waals surface area contributed by atoms with Crippen molar-refractivity contribution in [3.63, 3.8) is 0 Å². The molecule has 2 aromatic rings. The van der Waals surface area contributed by atoms with E-state index in [0.717, 1.165) is 24.7 Å². The third-order valence-electron chi connectivity index (χ3n) is 4.67. The van der Waals surface area contributed by atoms with Crippen LogP contribution in [0.5, 0.6) is 0 Å². The van der Waals surface area contributed by atoms with Gasteiger partial charge in [0.2, 0.25) is 5.91 Å². The van der Waals surface area contributed by atoms with Crippen LogP contribution in [0.15, 0.2) is 34.9 Å². The first-order valence-corrected chi connectivity index (χ1v) is 8.87. The average Bonchev–Trinajstić information content (AvgIpc) is 3.01. The van der Waals surface area contributed by atoms with Gasteiger partial charge in [-0.2, -0.15) is 0 Å². The molecule has 1 aliphatic heterocycles. The van der Waals surface area contributed by atoms with Gasteiger partial charge in [0.15, 0.2) is 5.82 Å². The Balaban J connectivity index is 1.54. The zero-order valence-corrected chi connectivity index (χ0v) is 15.1. The van der Waals surface area contributed by atoms with Gasteiger partial charge in [0.1, 0.15) is 11.8 Å². The van der Waals surface area contributed by atoms with E-state index in [2.05, 4.69) is 39.7 Å². The highest BCUT2D eigenvalue weighted by atomic mass is 16.5. The summed E-state index contributed by atoms with van der Waals surface area (Å²) in [4.78, 5) is 14.6. The van der Waals surface area contributed by atoms with Crippen molar-refractivity contribution in [3.05, 3.63) is 36.1 Å². The second-order valence-electron chi connectivity index (χ2n) is 6.89. The Hall–Kier alpha value is -2.50. The maximum atomic E-state index is 12.2. The smallest absolute Gasteiger partial charge is 0.247 e. The molecular formula is C19H26N4O2. The van der Waals surface area contributed by atoms with Gasteiger partial charge in [0, 0.05) is 30.5 Å². The molecule has 134 valence electrons. The number of hydrogen-bond acceptors (Lipinski definition) is 5. The van der Waals surface area contributed by atoms with Crippen LogP contribution in [-0.2, 0) is 4.79 Å². The summed E-state index contributed by atoms with van der Waals surface area (Å²) < 4.78 is 4.95. The molecule has 1 amide bonds. The number of hydrogen-bond donors (Lipinski definition) is 2. The van der Waals surface area contributed by atoms with E-state index in [4.69, 9.17) is 4.52 Å². The van der Waals surface area contributed by atoms with Gasteiger partial charge in [0.25, 0.3) is 0 Å². The number of aromatic nitrogens is 1. The predicted octanol–water partition coefficient (Wildman–Crippen LogP) is 3.66. The van der Waals surface area contributed by atoms with Crippen molar-refractivity contribution in [2.75, 3.05) is 28.6 Å². The number of benzene rings is 1. The van der Waals surface area contributed by atoms with Crippen molar-refractivity contribution in [2.24, 2.45) is 5.92 Å². The zero-order chi connectivity index (χ0) is 17.8. The third-order valence-corrected chi connectivity index (χ3v) is 4.67. The number of anilines is 3. The largest absolute Gasteiger partial charge is 0.374 e. The van der Waals surface area contributed by atoms with Crippen LogP contribution in [0.2, 0.25) is 0 Å². The van der Waals surface area contributed by atoms with E-state index in [9.17, 15) is 4.79 Å². The number of carbonyl (C=O) groups excluding carboxylic acids is 1. The van der Waals surface area contributed by atoms with Crippen molar-refractivity contribution in [3.8, 4) is 0 Å². The maximum Gasteiger partial charge on any atom is 0.247 e. The highest BCUT2D eigenvalue weighted by molar-refractivity contribution is 5.95. The first-order chi connectivity index (χ1) is 12.0. The Bertz CT molecular complexity index is 702. The Morgan fingerprint density at radius 1 is 1.28 bits per heavy atom. The molecule has 1 aliphatic rings. The molecule has 3 rings (SSSR count). The van der Waals surface area contributed by atoms with Crippen LogP contribution in [-0.4, -0.2) is 30.2 Å². The summed E-state index contributed by atoms with van der Waals surface area (Å²) in [6.07, 6.45) is 2.50. The summed E-state index contributed by atoms with van der Waals surface area (Å²) in [5, 5.41) is 9.73. The Morgan fingerprint density at radius 3 is 2.56 bits per heavy atom. The molecule has 0 spiro atoms. The van der Waals surface area contributed by atoms with Crippen molar-refractivity contribution in [1.82, 2.24) is 5.16 Å². The first kappa shape index (κ1) is 17.3. The molecule has 0 saturated carbocycles. The molecule has 2 heterocycles. The van der Waals surface area contributed by atoms with Gasteiger partial charge in [-0.1, -0.05) is 12.1 Å². The maximum absolute atomic E-state index is 12.2. The molecule has 1 saturated heterocycles. The molecule has 25 heavy (non-hydrogen) atoms. The quantitative estimate of drug-likeness (QED) is 0.868. The van der Waals surface area contributed by atoms with Crippen LogP contribution in [0.4, 0.5) is 17.2 Å². The molecule has 1 fully saturated rings. The third kappa shape index (κ3) is 4.53. The second kappa shape index (κ2) is 7.59. The number of nitrogens with zero attached hydrogens (tertiary/aromatic N) is 2. The fourth-order valence-corrected chi connectivity index (χ4v) is 3.01. The molecule has 0 bridgehead atoms. The van der Waals surface area contributed by atoms with E-state index in [1.165, 1.54) is 18.5 Å². The zero-order valence-electron chi connectivity index (χ0n) is 15.1. The van der Waals surface area contributed by atoms with Crippen LogP contribution < -0.4 is 15.5 Å². The summed E-state index contributed by atoms with van der Waals surface area (Å²) in [5.41, 5.74) is 2.17. The molecule has 2 N–H and O–H groups in total. The van der Waals surface area contributed by atoms with Gasteiger partial charge in [0.05, 0.1) is 0 Å². The first-order valence-electron chi connectivity index (χ1n) is 8.87. The topological polar surface area (TPSA) is 70.4 Å². The van der Waals surface area contributed by atoms with Gasteiger partial charge in [-0.3, -0.25) is 4.79 Å². The van der Waals surface area contributed by atoms with E-state index >= 15 is 0 Å². The Labute approximate surface area is 148 Å².